The Morgan fingerprint density at radius 2 is 1.90 bits per heavy atom. The van der Waals surface area contributed by atoms with E-state index in [-0.39, 0.29) is 0 Å². The SMILES string of the molecule is O=C(NCC(F)(F)F)Nc1c([N+](=O)[O-])ccc(F)c1F. The molecule has 0 bridgehead atoms. The van der Waals surface area contributed by atoms with Gasteiger partial charge in [0.25, 0.3) is 5.69 Å². The van der Waals surface area contributed by atoms with Crippen molar-refractivity contribution in [3.63, 3.8) is 0 Å². The number of anilines is 1. The van der Waals surface area contributed by atoms with Gasteiger partial charge in [0, 0.05) is 6.07 Å². The second-order valence-corrected chi connectivity index (χ2v) is 3.44. The Hall–Kier alpha value is -2.46. The summed E-state index contributed by atoms with van der Waals surface area (Å²) in [7, 11) is 0. The third-order valence-corrected chi connectivity index (χ3v) is 1.96. The number of nitrogens with zero attached hydrogens (tertiary/aromatic N) is 1. The summed E-state index contributed by atoms with van der Waals surface area (Å²) in [4.78, 5) is 20.5. The van der Waals surface area contributed by atoms with Crippen LogP contribution < -0.4 is 10.6 Å². The van der Waals surface area contributed by atoms with Gasteiger partial charge in [-0.25, -0.2) is 13.6 Å². The predicted molar refractivity (Wildman–Crippen MR) is 56.1 cm³/mol. The van der Waals surface area contributed by atoms with Gasteiger partial charge >= 0.3 is 12.2 Å². The first kappa shape index (κ1) is 15.6. The Bertz CT molecular complexity index is 546. The van der Waals surface area contributed by atoms with Crippen molar-refractivity contribution in [3.05, 3.63) is 33.9 Å². The number of urea groups is 1. The molecular formula is C9H6F5N3O3. The van der Waals surface area contributed by atoms with Crippen LogP contribution in [0.5, 0.6) is 0 Å². The predicted octanol–water partition coefficient (Wildman–Crippen LogP) is 2.56. The lowest BCUT2D eigenvalue weighted by molar-refractivity contribution is -0.384. The van der Waals surface area contributed by atoms with Crippen molar-refractivity contribution in [1.29, 1.82) is 0 Å². The summed E-state index contributed by atoms with van der Waals surface area (Å²) in [5.41, 5.74) is -2.15. The van der Waals surface area contributed by atoms with E-state index in [4.69, 9.17) is 0 Å². The third kappa shape index (κ3) is 4.03. The molecule has 1 rings (SSSR count). The number of carbonyl (C=O) groups is 1. The first-order chi connectivity index (χ1) is 9.11. The summed E-state index contributed by atoms with van der Waals surface area (Å²) >= 11 is 0. The lowest BCUT2D eigenvalue weighted by Gasteiger charge is -2.10. The average molecular weight is 299 g/mol. The largest absolute Gasteiger partial charge is 0.405 e. The topological polar surface area (TPSA) is 84.3 Å². The maximum atomic E-state index is 13.3. The van der Waals surface area contributed by atoms with Crippen molar-refractivity contribution in [2.24, 2.45) is 0 Å². The number of amides is 2. The molecule has 0 aliphatic rings. The number of rotatable bonds is 3. The molecule has 0 saturated heterocycles. The summed E-state index contributed by atoms with van der Waals surface area (Å²) in [6.45, 7) is -1.73. The number of nitro benzene ring substituents is 1. The van der Waals surface area contributed by atoms with Crippen molar-refractivity contribution >= 4 is 17.4 Å². The van der Waals surface area contributed by atoms with E-state index in [0.717, 1.165) is 0 Å². The minimum atomic E-state index is -4.72. The monoisotopic (exact) mass is 299 g/mol. The number of alkyl halides is 3. The molecule has 2 N–H and O–H groups in total. The van der Waals surface area contributed by atoms with Crippen LogP contribution in [0.15, 0.2) is 12.1 Å². The average Bonchev–Trinajstić information content (AvgIpc) is 2.31. The normalized spacial score (nSPS) is 11.1. The Morgan fingerprint density at radius 3 is 2.40 bits per heavy atom. The highest BCUT2D eigenvalue weighted by Gasteiger charge is 2.29. The standard InChI is InChI=1S/C9H6F5N3O3/c10-4-1-2-5(17(19)20)7(6(4)11)16-8(18)15-3-9(12,13)14/h1-2H,3H2,(H2,15,16,18). The first-order valence-corrected chi connectivity index (χ1v) is 4.86. The maximum Gasteiger partial charge on any atom is 0.405 e. The van der Waals surface area contributed by atoms with Crippen LogP contribution in [-0.2, 0) is 0 Å². The van der Waals surface area contributed by atoms with Crippen LogP contribution in [0, 0.1) is 21.7 Å². The number of carbonyl (C=O) groups excluding carboxylic acids is 1. The molecule has 0 spiro atoms. The molecule has 1 aromatic rings. The lowest BCUT2D eigenvalue weighted by atomic mass is 10.2. The van der Waals surface area contributed by atoms with Gasteiger partial charge in [-0.3, -0.25) is 15.4 Å². The second-order valence-electron chi connectivity index (χ2n) is 3.44. The number of nitrogens with one attached hydrogen (secondary N) is 2. The molecule has 0 saturated carbocycles. The molecule has 0 aliphatic carbocycles. The molecule has 2 amide bonds. The zero-order valence-electron chi connectivity index (χ0n) is 9.42. The van der Waals surface area contributed by atoms with E-state index in [0.29, 0.717) is 12.1 Å². The molecule has 110 valence electrons. The molecule has 0 radical (unpaired) electrons. The van der Waals surface area contributed by atoms with Crippen LogP contribution in [-0.4, -0.2) is 23.7 Å². The Morgan fingerprint density at radius 1 is 1.30 bits per heavy atom. The van der Waals surface area contributed by atoms with E-state index >= 15 is 0 Å². The number of nitro groups is 1. The summed E-state index contributed by atoms with van der Waals surface area (Å²) in [5.74, 6) is -3.25. The summed E-state index contributed by atoms with van der Waals surface area (Å²) in [6, 6.07) is -0.542. The van der Waals surface area contributed by atoms with Gasteiger partial charge in [0.05, 0.1) is 4.92 Å². The fourth-order valence-electron chi connectivity index (χ4n) is 1.15. The van der Waals surface area contributed by atoms with Gasteiger partial charge in [-0.15, -0.1) is 0 Å². The van der Waals surface area contributed by atoms with E-state index in [9.17, 15) is 36.9 Å². The van der Waals surface area contributed by atoms with Crippen LogP contribution in [0.1, 0.15) is 0 Å². The first-order valence-electron chi connectivity index (χ1n) is 4.86. The summed E-state index contributed by atoms with van der Waals surface area (Å²) < 4.78 is 61.7. The van der Waals surface area contributed by atoms with Crippen LogP contribution in [0.25, 0.3) is 0 Å². The highest BCUT2D eigenvalue weighted by atomic mass is 19.4. The molecule has 0 unspecified atom stereocenters. The zero-order valence-corrected chi connectivity index (χ0v) is 9.42. The Balaban J connectivity index is 2.94. The fourth-order valence-corrected chi connectivity index (χ4v) is 1.15. The van der Waals surface area contributed by atoms with Crippen molar-refractivity contribution in [2.75, 3.05) is 11.9 Å². The smallest absolute Gasteiger partial charge is 0.329 e. The van der Waals surface area contributed by atoms with E-state index in [1.165, 1.54) is 10.6 Å². The van der Waals surface area contributed by atoms with Crippen molar-refractivity contribution in [3.8, 4) is 0 Å². The number of benzene rings is 1. The Labute approximate surface area is 107 Å². The van der Waals surface area contributed by atoms with E-state index in [2.05, 4.69) is 0 Å². The van der Waals surface area contributed by atoms with Crippen LogP contribution >= 0.6 is 0 Å². The second kappa shape index (κ2) is 5.67. The highest BCUT2D eigenvalue weighted by molar-refractivity contribution is 5.92. The molecule has 1 aromatic carbocycles. The van der Waals surface area contributed by atoms with E-state index in [1.807, 2.05) is 0 Å². The van der Waals surface area contributed by atoms with Gasteiger partial charge < -0.3 is 5.32 Å². The van der Waals surface area contributed by atoms with Crippen molar-refractivity contribution in [1.82, 2.24) is 5.32 Å². The van der Waals surface area contributed by atoms with Crippen LogP contribution in [0.4, 0.5) is 38.1 Å². The van der Waals surface area contributed by atoms with Gasteiger partial charge in [-0.2, -0.15) is 13.2 Å². The van der Waals surface area contributed by atoms with Gasteiger partial charge in [-0.05, 0) is 6.07 Å². The molecule has 0 atom stereocenters. The van der Waals surface area contributed by atoms with Crippen LogP contribution in [0.3, 0.4) is 0 Å². The summed E-state index contributed by atoms with van der Waals surface area (Å²) in [6.07, 6.45) is -4.72. The lowest BCUT2D eigenvalue weighted by Crippen LogP contribution is -2.37. The molecule has 0 heterocycles. The molecule has 0 aromatic heterocycles. The number of hydrogen-bond acceptors (Lipinski definition) is 3. The molecular weight excluding hydrogens is 293 g/mol. The Kier molecular flexibility index (Phi) is 4.42. The third-order valence-electron chi connectivity index (χ3n) is 1.96. The summed E-state index contributed by atoms with van der Waals surface area (Å²) in [5, 5.41) is 13.3. The molecule has 20 heavy (non-hydrogen) atoms. The van der Waals surface area contributed by atoms with E-state index in [1.54, 1.807) is 0 Å². The highest BCUT2D eigenvalue weighted by Crippen LogP contribution is 2.28. The molecule has 0 aliphatic heterocycles. The van der Waals surface area contributed by atoms with Gasteiger partial charge in [0.2, 0.25) is 0 Å². The van der Waals surface area contributed by atoms with Gasteiger partial charge in [0.1, 0.15) is 6.54 Å². The van der Waals surface area contributed by atoms with Gasteiger partial charge in [0.15, 0.2) is 17.3 Å². The minimum absolute atomic E-state index is 0.451. The molecule has 11 heteroatoms. The van der Waals surface area contributed by atoms with Crippen molar-refractivity contribution in [2.45, 2.75) is 6.18 Å². The molecule has 0 fully saturated rings. The zero-order chi connectivity index (χ0) is 15.5. The fraction of sp³-hybridized carbons (Fsp3) is 0.222. The van der Waals surface area contributed by atoms with Crippen LogP contribution in [0.2, 0.25) is 0 Å². The van der Waals surface area contributed by atoms with Gasteiger partial charge in [-0.1, -0.05) is 0 Å². The quantitative estimate of drug-likeness (QED) is 0.511. The number of halogens is 5. The maximum absolute atomic E-state index is 13.3. The minimum Gasteiger partial charge on any atom is -0.329 e. The van der Waals surface area contributed by atoms with E-state index < -0.39 is 46.7 Å². The molecule has 6 nitrogen and oxygen atoms in total. The van der Waals surface area contributed by atoms with Crippen molar-refractivity contribution < 1.29 is 31.7 Å². The number of hydrogen-bond donors (Lipinski definition) is 2.